The Morgan fingerprint density at radius 1 is 1.11 bits per heavy atom. The average Bonchev–Trinajstić information content (AvgIpc) is 2.46. The highest BCUT2D eigenvalue weighted by Crippen LogP contribution is 2.34. The lowest BCUT2D eigenvalue weighted by atomic mass is 9.94. The van der Waals surface area contributed by atoms with Crippen LogP contribution < -0.4 is 10.5 Å². The van der Waals surface area contributed by atoms with Crippen molar-refractivity contribution in [2.24, 2.45) is 5.73 Å². The Balaban J connectivity index is 2.37. The van der Waals surface area contributed by atoms with Crippen LogP contribution in [0.15, 0.2) is 36.4 Å². The zero-order valence-electron chi connectivity index (χ0n) is 11.9. The number of benzene rings is 2. The van der Waals surface area contributed by atoms with Crippen LogP contribution in [0.3, 0.4) is 0 Å². The van der Waals surface area contributed by atoms with Gasteiger partial charge < -0.3 is 10.5 Å². The van der Waals surface area contributed by atoms with E-state index < -0.39 is 0 Å². The van der Waals surface area contributed by atoms with E-state index in [1.807, 2.05) is 6.07 Å². The summed E-state index contributed by atoms with van der Waals surface area (Å²) in [6.07, 6.45) is 4.64. The van der Waals surface area contributed by atoms with Gasteiger partial charge >= 0.3 is 0 Å². The van der Waals surface area contributed by atoms with Crippen LogP contribution >= 0.6 is 0 Å². The normalized spacial score (nSPS) is 12.6. The van der Waals surface area contributed by atoms with E-state index in [0.29, 0.717) is 0 Å². The summed E-state index contributed by atoms with van der Waals surface area (Å²) in [7, 11) is 1.71. The molecule has 2 aromatic rings. The van der Waals surface area contributed by atoms with Crippen molar-refractivity contribution < 1.29 is 4.74 Å². The molecule has 0 amide bonds. The molecular formula is C17H23NO. The summed E-state index contributed by atoms with van der Waals surface area (Å²) >= 11 is 0. The molecule has 0 heterocycles. The highest BCUT2D eigenvalue weighted by molar-refractivity contribution is 5.88. The fraction of sp³-hybridized carbons (Fsp3) is 0.412. The van der Waals surface area contributed by atoms with Crippen molar-refractivity contribution in [1.82, 2.24) is 0 Å². The van der Waals surface area contributed by atoms with Crippen LogP contribution in [-0.4, -0.2) is 7.11 Å². The summed E-state index contributed by atoms with van der Waals surface area (Å²) < 4.78 is 5.50. The van der Waals surface area contributed by atoms with Gasteiger partial charge in [-0.15, -0.1) is 0 Å². The first kappa shape index (κ1) is 13.9. The van der Waals surface area contributed by atoms with Gasteiger partial charge in [-0.25, -0.2) is 0 Å². The van der Waals surface area contributed by atoms with E-state index >= 15 is 0 Å². The first-order valence-corrected chi connectivity index (χ1v) is 7.09. The second kappa shape index (κ2) is 6.58. The standard InChI is InChI=1S/C17H23NO/c1-3-4-5-10-15(18)17-14-9-7-6-8-13(14)11-12-16(17)19-2/h6-9,11-12,15H,3-5,10,18H2,1-2H3/t15-/m1/s1. The van der Waals surface area contributed by atoms with Crippen LogP contribution in [0.4, 0.5) is 0 Å². The number of methoxy groups -OCH3 is 1. The number of ether oxygens (including phenoxy) is 1. The van der Waals surface area contributed by atoms with Gasteiger partial charge in [0.05, 0.1) is 7.11 Å². The number of hydrogen-bond acceptors (Lipinski definition) is 2. The van der Waals surface area contributed by atoms with E-state index in [9.17, 15) is 0 Å². The lowest BCUT2D eigenvalue weighted by molar-refractivity contribution is 0.404. The molecule has 0 aliphatic heterocycles. The van der Waals surface area contributed by atoms with Crippen LogP contribution in [-0.2, 0) is 0 Å². The van der Waals surface area contributed by atoms with Crippen LogP contribution in [0.1, 0.15) is 44.2 Å². The number of nitrogens with two attached hydrogens (primary N) is 1. The van der Waals surface area contributed by atoms with Crippen molar-refractivity contribution in [3.05, 3.63) is 42.0 Å². The molecule has 2 aromatic carbocycles. The molecule has 0 saturated heterocycles. The average molecular weight is 257 g/mol. The predicted octanol–water partition coefficient (Wildman–Crippen LogP) is 4.43. The zero-order valence-corrected chi connectivity index (χ0v) is 11.9. The van der Waals surface area contributed by atoms with Gasteiger partial charge in [0.15, 0.2) is 0 Å². The molecule has 0 bridgehead atoms. The van der Waals surface area contributed by atoms with Crippen molar-refractivity contribution >= 4 is 10.8 Å². The molecule has 0 spiro atoms. The van der Waals surface area contributed by atoms with Gasteiger partial charge in [-0.2, -0.15) is 0 Å². The molecule has 2 rings (SSSR count). The van der Waals surface area contributed by atoms with Crippen LogP contribution in [0.5, 0.6) is 5.75 Å². The summed E-state index contributed by atoms with van der Waals surface area (Å²) in [5.41, 5.74) is 7.55. The Bertz CT molecular complexity index is 536. The third kappa shape index (κ3) is 3.07. The Kier molecular flexibility index (Phi) is 4.80. The van der Waals surface area contributed by atoms with Crippen LogP contribution in [0, 0.1) is 0 Å². The Labute approximate surface area is 115 Å². The Hall–Kier alpha value is -1.54. The molecule has 0 aliphatic rings. The summed E-state index contributed by atoms with van der Waals surface area (Å²) in [4.78, 5) is 0. The summed E-state index contributed by atoms with van der Waals surface area (Å²) in [5.74, 6) is 0.905. The molecule has 0 aromatic heterocycles. The fourth-order valence-electron chi connectivity index (χ4n) is 2.59. The van der Waals surface area contributed by atoms with Crippen molar-refractivity contribution in [2.45, 2.75) is 38.6 Å². The van der Waals surface area contributed by atoms with E-state index in [-0.39, 0.29) is 6.04 Å². The minimum atomic E-state index is 0.0487. The molecule has 1 atom stereocenters. The van der Waals surface area contributed by atoms with E-state index in [2.05, 4.69) is 37.3 Å². The Morgan fingerprint density at radius 2 is 1.89 bits per heavy atom. The van der Waals surface area contributed by atoms with Crippen molar-refractivity contribution in [3.8, 4) is 5.75 Å². The molecule has 0 radical (unpaired) electrons. The highest BCUT2D eigenvalue weighted by Gasteiger charge is 2.15. The van der Waals surface area contributed by atoms with Crippen molar-refractivity contribution in [2.75, 3.05) is 7.11 Å². The molecule has 102 valence electrons. The van der Waals surface area contributed by atoms with E-state index in [1.165, 1.54) is 30.0 Å². The smallest absolute Gasteiger partial charge is 0.124 e. The van der Waals surface area contributed by atoms with Gasteiger partial charge in [0.1, 0.15) is 5.75 Å². The molecule has 2 heteroatoms. The van der Waals surface area contributed by atoms with Crippen molar-refractivity contribution in [1.29, 1.82) is 0 Å². The number of unbranched alkanes of at least 4 members (excludes halogenated alkanes) is 2. The Morgan fingerprint density at radius 3 is 2.63 bits per heavy atom. The molecule has 0 fully saturated rings. The monoisotopic (exact) mass is 257 g/mol. The van der Waals surface area contributed by atoms with Crippen molar-refractivity contribution in [3.63, 3.8) is 0 Å². The number of rotatable bonds is 6. The van der Waals surface area contributed by atoms with E-state index in [1.54, 1.807) is 7.11 Å². The molecule has 2 N–H and O–H groups in total. The van der Waals surface area contributed by atoms with Gasteiger partial charge in [-0.1, -0.05) is 56.5 Å². The lowest BCUT2D eigenvalue weighted by Gasteiger charge is -2.18. The third-order valence-corrected chi connectivity index (χ3v) is 3.64. The molecule has 0 saturated carbocycles. The lowest BCUT2D eigenvalue weighted by Crippen LogP contribution is -2.12. The highest BCUT2D eigenvalue weighted by atomic mass is 16.5. The van der Waals surface area contributed by atoms with Crippen LogP contribution in [0.2, 0.25) is 0 Å². The van der Waals surface area contributed by atoms with Gasteiger partial charge in [0.25, 0.3) is 0 Å². The van der Waals surface area contributed by atoms with E-state index in [0.717, 1.165) is 17.7 Å². The summed E-state index contributed by atoms with van der Waals surface area (Å²) in [6.45, 7) is 2.21. The zero-order chi connectivity index (χ0) is 13.7. The molecular weight excluding hydrogens is 234 g/mol. The third-order valence-electron chi connectivity index (χ3n) is 3.64. The summed E-state index contributed by atoms with van der Waals surface area (Å²) in [5, 5.41) is 2.44. The molecule has 0 aliphatic carbocycles. The second-order valence-corrected chi connectivity index (χ2v) is 5.00. The maximum Gasteiger partial charge on any atom is 0.124 e. The van der Waals surface area contributed by atoms with Gasteiger partial charge in [-0.05, 0) is 23.3 Å². The molecule has 19 heavy (non-hydrogen) atoms. The maximum atomic E-state index is 6.40. The predicted molar refractivity (Wildman–Crippen MR) is 81.6 cm³/mol. The first-order valence-electron chi connectivity index (χ1n) is 7.09. The maximum absolute atomic E-state index is 6.40. The molecule has 0 unspecified atom stereocenters. The number of fused-ring (bicyclic) bond motifs is 1. The second-order valence-electron chi connectivity index (χ2n) is 5.00. The first-order chi connectivity index (χ1) is 9.27. The summed E-state index contributed by atoms with van der Waals surface area (Å²) in [6, 6.07) is 12.5. The minimum Gasteiger partial charge on any atom is -0.496 e. The fourth-order valence-corrected chi connectivity index (χ4v) is 2.59. The minimum absolute atomic E-state index is 0.0487. The number of hydrogen-bond donors (Lipinski definition) is 1. The quantitative estimate of drug-likeness (QED) is 0.777. The van der Waals surface area contributed by atoms with Gasteiger partial charge in [0.2, 0.25) is 0 Å². The van der Waals surface area contributed by atoms with Gasteiger partial charge in [-0.3, -0.25) is 0 Å². The largest absolute Gasteiger partial charge is 0.496 e. The van der Waals surface area contributed by atoms with E-state index in [4.69, 9.17) is 10.5 Å². The SMILES string of the molecule is CCCCC[C@@H](N)c1c(OC)ccc2ccccc12. The van der Waals surface area contributed by atoms with Crippen LogP contribution in [0.25, 0.3) is 10.8 Å². The topological polar surface area (TPSA) is 35.2 Å². The molecule has 2 nitrogen and oxygen atoms in total. The van der Waals surface area contributed by atoms with Gasteiger partial charge in [0, 0.05) is 11.6 Å².